The number of hydrogen-bond acceptors (Lipinski definition) is 8. The second-order valence-electron chi connectivity index (χ2n) is 10.9. The highest BCUT2D eigenvalue weighted by Crippen LogP contribution is 2.22. The molecule has 1 saturated heterocycles. The van der Waals surface area contributed by atoms with Crippen molar-refractivity contribution in [1.29, 1.82) is 0 Å². The third-order valence-corrected chi connectivity index (χ3v) is 9.66. The minimum atomic E-state index is -3.67. The summed E-state index contributed by atoms with van der Waals surface area (Å²) in [7, 11) is -2.10. The van der Waals surface area contributed by atoms with Crippen LogP contribution in [-0.2, 0) is 43.9 Å². The van der Waals surface area contributed by atoms with Crippen molar-refractivity contribution in [2.24, 2.45) is 0 Å². The summed E-state index contributed by atoms with van der Waals surface area (Å²) < 4.78 is 43.9. The zero-order chi connectivity index (χ0) is 33.1. The first-order chi connectivity index (χ1) is 22.8. The predicted molar refractivity (Wildman–Crippen MR) is 175 cm³/mol. The number of nitrogens with one attached hydrogen (secondary N) is 1. The maximum absolute atomic E-state index is 14.0. The highest BCUT2D eigenvalue weighted by Gasteiger charge is 2.31. The number of sulfonamides is 1. The van der Waals surface area contributed by atoms with E-state index in [2.05, 4.69) is 10.3 Å². The number of morpholine rings is 1. The molecule has 0 aliphatic carbocycles. The van der Waals surface area contributed by atoms with Crippen LogP contribution in [0.2, 0.25) is 0 Å². The van der Waals surface area contributed by atoms with Crippen LogP contribution < -0.4 is 14.8 Å². The SMILES string of the molecule is COc1ccc(CN(C(=O)COc2ccc(S(=O)(=O)N3CCOCC3)cc2)[C@@H](Cc2ccccc2)C(=O)NCc2ccccn2)cc1. The number of ether oxygens (including phenoxy) is 3. The van der Waals surface area contributed by atoms with Crippen molar-refractivity contribution in [3.63, 3.8) is 0 Å². The molecule has 5 rings (SSSR count). The number of carbonyl (C=O) groups is 2. The average Bonchev–Trinajstić information content (AvgIpc) is 3.12. The fraction of sp³-hybridized carbons (Fsp3) is 0.286. The first-order valence-electron chi connectivity index (χ1n) is 15.3. The lowest BCUT2D eigenvalue weighted by Crippen LogP contribution is -2.51. The van der Waals surface area contributed by atoms with Crippen LogP contribution in [0.15, 0.2) is 108 Å². The largest absolute Gasteiger partial charge is 0.497 e. The van der Waals surface area contributed by atoms with E-state index >= 15 is 0 Å². The van der Waals surface area contributed by atoms with Gasteiger partial charge in [-0.15, -0.1) is 0 Å². The smallest absolute Gasteiger partial charge is 0.261 e. The summed E-state index contributed by atoms with van der Waals surface area (Å²) in [4.78, 5) is 33.7. The fourth-order valence-corrected chi connectivity index (χ4v) is 6.56. The normalized spacial score (nSPS) is 14.1. The Morgan fingerprint density at radius 1 is 0.894 bits per heavy atom. The van der Waals surface area contributed by atoms with Crippen LogP contribution in [0.1, 0.15) is 16.8 Å². The maximum Gasteiger partial charge on any atom is 0.261 e. The molecule has 1 aromatic heterocycles. The van der Waals surface area contributed by atoms with Gasteiger partial charge in [0.1, 0.15) is 17.5 Å². The van der Waals surface area contributed by atoms with Crippen LogP contribution in [0.25, 0.3) is 0 Å². The van der Waals surface area contributed by atoms with Gasteiger partial charge in [-0.3, -0.25) is 14.6 Å². The number of pyridine rings is 1. The Labute approximate surface area is 275 Å². The summed E-state index contributed by atoms with van der Waals surface area (Å²) in [5.41, 5.74) is 2.37. The first kappa shape index (κ1) is 33.6. The number of nitrogens with zero attached hydrogens (tertiary/aromatic N) is 3. The van der Waals surface area contributed by atoms with Gasteiger partial charge in [-0.2, -0.15) is 4.31 Å². The number of hydrogen-bond donors (Lipinski definition) is 1. The van der Waals surface area contributed by atoms with Gasteiger partial charge in [0.2, 0.25) is 15.9 Å². The van der Waals surface area contributed by atoms with Gasteiger partial charge in [-0.1, -0.05) is 48.5 Å². The molecule has 0 radical (unpaired) electrons. The van der Waals surface area contributed by atoms with Crippen molar-refractivity contribution in [3.8, 4) is 11.5 Å². The monoisotopic (exact) mass is 658 g/mol. The lowest BCUT2D eigenvalue weighted by molar-refractivity contribution is -0.142. The molecule has 246 valence electrons. The summed E-state index contributed by atoms with van der Waals surface area (Å²) in [6.45, 7) is 1.25. The van der Waals surface area contributed by atoms with Gasteiger partial charge in [-0.25, -0.2) is 8.42 Å². The van der Waals surface area contributed by atoms with Crippen molar-refractivity contribution in [3.05, 3.63) is 120 Å². The van der Waals surface area contributed by atoms with Gasteiger partial charge in [-0.05, 0) is 59.7 Å². The second-order valence-corrected chi connectivity index (χ2v) is 12.8. The molecule has 1 aliphatic rings. The number of methoxy groups -OCH3 is 1. The number of amides is 2. The van der Waals surface area contributed by atoms with Gasteiger partial charge in [0.05, 0.1) is 37.5 Å². The highest BCUT2D eigenvalue weighted by molar-refractivity contribution is 7.89. The van der Waals surface area contributed by atoms with Crippen molar-refractivity contribution < 1.29 is 32.2 Å². The molecule has 1 aliphatic heterocycles. The van der Waals surface area contributed by atoms with E-state index in [0.717, 1.165) is 11.1 Å². The van der Waals surface area contributed by atoms with Crippen LogP contribution in [0.3, 0.4) is 0 Å². The van der Waals surface area contributed by atoms with E-state index in [1.807, 2.05) is 54.6 Å². The molecule has 0 unspecified atom stereocenters. The lowest BCUT2D eigenvalue weighted by atomic mass is 10.0. The highest BCUT2D eigenvalue weighted by atomic mass is 32.2. The molecular weight excluding hydrogens is 620 g/mol. The fourth-order valence-electron chi connectivity index (χ4n) is 5.15. The Morgan fingerprint density at radius 2 is 1.57 bits per heavy atom. The van der Waals surface area contributed by atoms with Crippen molar-refractivity contribution in [1.82, 2.24) is 19.5 Å². The predicted octanol–water partition coefficient (Wildman–Crippen LogP) is 3.45. The topological polar surface area (TPSA) is 127 Å². The molecule has 12 heteroatoms. The molecule has 0 bridgehead atoms. The van der Waals surface area contributed by atoms with Gasteiger partial charge in [0, 0.05) is 32.3 Å². The quantitative estimate of drug-likeness (QED) is 0.218. The molecule has 0 saturated carbocycles. The van der Waals surface area contributed by atoms with Crippen LogP contribution in [0.4, 0.5) is 0 Å². The number of aromatic nitrogens is 1. The van der Waals surface area contributed by atoms with Crippen molar-refractivity contribution >= 4 is 21.8 Å². The molecule has 47 heavy (non-hydrogen) atoms. The molecule has 1 fully saturated rings. The van der Waals surface area contributed by atoms with Crippen LogP contribution in [-0.4, -0.2) is 80.5 Å². The molecule has 2 amide bonds. The Bertz CT molecular complexity index is 1700. The molecule has 1 atom stereocenters. The van der Waals surface area contributed by atoms with Gasteiger partial charge in [0.15, 0.2) is 6.61 Å². The number of rotatable bonds is 14. The third-order valence-electron chi connectivity index (χ3n) is 7.75. The lowest BCUT2D eigenvalue weighted by Gasteiger charge is -2.31. The zero-order valence-corrected chi connectivity index (χ0v) is 27.0. The first-order valence-corrected chi connectivity index (χ1v) is 16.7. The standard InChI is InChI=1S/C35H38N4O7S/c1-44-30-12-10-28(11-13-30)25-39(33(23-27-7-3-2-4-8-27)35(41)37-24-29-9-5-6-18-36-29)34(40)26-46-31-14-16-32(17-15-31)47(42,43)38-19-21-45-22-20-38/h2-18,33H,19-26H2,1H3,(H,37,41)/t33-/m0/s1. The molecule has 0 spiro atoms. The minimum Gasteiger partial charge on any atom is -0.497 e. The molecular formula is C35H38N4O7S. The Balaban J connectivity index is 1.36. The van der Waals surface area contributed by atoms with Crippen molar-refractivity contribution in [2.75, 3.05) is 40.0 Å². The van der Waals surface area contributed by atoms with E-state index < -0.39 is 22.0 Å². The Hall–Kier alpha value is -4.78. The minimum absolute atomic E-state index is 0.131. The third kappa shape index (κ3) is 9.16. The average molecular weight is 659 g/mol. The van der Waals surface area contributed by atoms with Gasteiger partial charge in [0.25, 0.3) is 5.91 Å². The zero-order valence-electron chi connectivity index (χ0n) is 26.2. The van der Waals surface area contributed by atoms with E-state index in [1.165, 1.54) is 33.5 Å². The van der Waals surface area contributed by atoms with E-state index in [-0.39, 0.29) is 36.9 Å². The van der Waals surface area contributed by atoms with Crippen LogP contribution in [0.5, 0.6) is 11.5 Å². The van der Waals surface area contributed by atoms with Gasteiger partial charge < -0.3 is 24.4 Å². The van der Waals surface area contributed by atoms with Crippen LogP contribution in [0, 0.1) is 0 Å². The van der Waals surface area contributed by atoms with E-state index in [1.54, 1.807) is 31.5 Å². The number of benzene rings is 3. The second kappa shape index (κ2) is 16.2. The molecule has 4 aromatic rings. The Kier molecular flexibility index (Phi) is 11.6. The van der Waals surface area contributed by atoms with E-state index in [0.29, 0.717) is 43.5 Å². The Morgan fingerprint density at radius 3 is 2.23 bits per heavy atom. The van der Waals surface area contributed by atoms with Crippen molar-refractivity contribution in [2.45, 2.75) is 30.4 Å². The van der Waals surface area contributed by atoms with E-state index in [4.69, 9.17) is 14.2 Å². The van der Waals surface area contributed by atoms with Crippen LogP contribution >= 0.6 is 0 Å². The summed E-state index contributed by atoms with van der Waals surface area (Å²) in [6.07, 6.45) is 1.93. The summed E-state index contributed by atoms with van der Waals surface area (Å²) >= 11 is 0. The molecule has 2 heterocycles. The summed E-state index contributed by atoms with van der Waals surface area (Å²) in [6, 6.07) is 27.4. The van der Waals surface area contributed by atoms with Gasteiger partial charge >= 0.3 is 0 Å². The number of carbonyl (C=O) groups excluding carboxylic acids is 2. The summed E-state index contributed by atoms with van der Waals surface area (Å²) in [5.74, 6) is 0.240. The maximum atomic E-state index is 14.0. The molecule has 1 N–H and O–H groups in total. The molecule has 11 nitrogen and oxygen atoms in total. The molecule has 3 aromatic carbocycles. The summed E-state index contributed by atoms with van der Waals surface area (Å²) in [5, 5.41) is 2.95. The van der Waals surface area contributed by atoms with E-state index in [9.17, 15) is 18.0 Å².